The Kier molecular flexibility index (Phi) is 9.76. The molecule has 0 atom stereocenters. The van der Waals surface area contributed by atoms with E-state index in [4.69, 9.17) is 5.73 Å². The third-order valence-corrected chi connectivity index (χ3v) is 4.13. The molecule has 3 heteroatoms. The number of ketones is 2. The van der Waals surface area contributed by atoms with Crippen LogP contribution in [0.2, 0.25) is 0 Å². The van der Waals surface area contributed by atoms with Crippen molar-refractivity contribution < 1.29 is 9.59 Å². The number of Topliss-reactive ketones (excluding diaryl/α,β-unsaturated/α-hetero) is 2. The molecule has 0 aliphatic carbocycles. The molecule has 0 aromatic rings. The van der Waals surface area contributed by atoms with Gasteiger partial charge in [-0.15, -0.1) is 0 Å². The highest BCUT2D eigenvalue weighted by molar-refractivity contribution is 6.05. The van der Waals surface area contributed by atoms with Crippen molar-refractivity contribution in [2.45, 2.75) is 78.6 Å². The molecule has 0 unspecified atom stereocenters. The molecule has 0 radical (unpaired) electrons. The predicted molar refractivity (Wildman–Crippen MR) is 80.1 cm³/mol. The molecule has 19 heavy (non-hydrogen) atoms. The van der Waals surface area contributed by atoms with Gasteiger partial charge in [0.1, 0.15) is 11.6 Å². The van der Waals surface area contributed by atoms with E-state index in [0.717, 1.165) is 12.8 Å². The quantitative estimate of drug-likeness (QED) is 0.434. The number of carbonyl (C=O) groups excluding carboxylic acids is 2. The van der Waals surface area contributed by atoms with Crippen molar-refractivity contribution in [2.75, 3.05) is 6.54 Å². The summed E-state index contributed by atoms with van der Waals surface area (Å²) in [4.78, 5) is 23.7. The fourth-order valence-electron chi connectivity index (χ4n) is 2.71. The molecular formula is C16H31NO2. The molecule has 0 bridgehead atoms. The molecule has 0 heterocycles. The van der Waals surface area contributed by atoms with Crippen molar-refractivity contribution in [3.63, 3.8) is 0 Å². The van der Waals surface area contributed by atoms with Crippen molar-refractivity contribution in [2.24, 2.45) is 11.1 Å². The number of rotatable bonds is 12. The highest BCUT2D eigenvalue weighted by Gasteiger charge is 2.38. The molecule has 112 valence electrons. The van der Waals surface area contributed by atoms with Crippen LogP contribution in [0.5, 0.6) is 0 Å². The molecule has 0 saturated carbocycles. The summed E-state index contributed by atoms with van der Waals surface area (Å²) in [6, 6.07) is 0. The van der Waals surface area contributed by atoms with E-state index < -0.39 is 5.41 Å². The summed E-state index contributed by atoms with van der Waals surface area (Å²) in [6.45, 7) is 5.66. The topological polar surface area (TPSA) is 60.2 Å². The standard InChI is InChI=1S/C16H31NO2/c1-4-5-6-7-8-9-10-11-16(12-13-17,14(2)18)15(3)19/h4-13,17H2,1-3H3. The Morgan fingerprint density at radius 3 is 1.74 bits per heavy atom. The second kappa shape index (κ2) is 10.1. The normalized spacial score (nSPS) is 11.6. The van der Waals surface area contributed by atoms with Crippen LogP contribution in [-0.4, -0.2) is 18.1 Å². The van der Waals surface area contributed by atoms with Gasteiger partial charge in [-0.25, -0.2) is 0 Å². The van der Waals surface area contributed by atoms with Gasteiger partial charge >= 0.3 is 0 Å². The molecule has 0 amide bonds. The first kappa shape index (κ1) is 18.3. The second-order valence-electron chi connectivity index (χ2n) is 5.60. The maximum atomic E-state index is 11.8. The average Bonchev–Trinajstić information content (AvgIpc) is 2.35. The van der Waals surface area contributed by atoms with Crippen LogP contribution < -0.4 is 5.73 Å². The SMILES string of the molecule is CCCCCCCCCC(CCN)(C(C)=O)C(C)=O. The van der Waals surface area contributed by atoms with Gasteiger partial charge < -0.3 is 5.73 Å². The van der Waals surface area contributed by atoms with E-state index in [1.807, 2.05) is 0 Å². The van der Waals surface area contributed by atoms with Gasteiger partial charge in [-0.05, 0) is 33.2 Å². The Balaban J connectivity index is 4.13. The zero-order chi connectivity index (χ0) is 14.7. The second-order valence-corrected chi connectivity index (χ2v) is 5.60. The first-order valence-corrected chi connectivity index (χ1v) is 7.73. The zero-order valence-corrected chi connectivity index (χ0v) is 13.0. The van der Waals surface area contributed by atoms with Crippen LogP contribution in [0.4, 0.5) is 0 Å². The van der Waals surface area contributed by atoms with Crippen LogP contribution in [0.3, 0.4) is 0 Å². The van der Waals surface area contributed by atoms with Crippen molar-refractivity contribution in [3.8, 4) is 0 Å². The van der Waals surface area contributed by atoms with Crippen LogP contribution in [0.15, 0.2) is 0 Å². The van der Waals surface area contributed by atoms with Crippen LogP contribution >= 0.6 is 0 Å². The third-order valence-electron chi connectivity index (χ3n) is 4.13. The van der Waals surface area contributed by atoms with Gasteiger partial charge in [0.2, 0.25) is 0 Å². The minimum absolute atomic E-state index is 0.0172. The van der Waals surface area contributed by atoms with E-state index in [1.165, 1.54) is 46.0 Å². The number of nitrogens with two attached hydrogens (primary N) is 1. The number of unbranched alkanes of at least 4 members (excludes halogenated alkanes) is 6. The maximum Gasteiger partial charge on any atom is 0.143 e. The maximum absolute atomic E-state index is 11.8. The average molecular weight is 269 g/mol. The van der Waals surface area contributed by atoms with E-state index in [9.17, 15) is 9.59 Å². The summed E-state index contributed by atoms with van der Waals surface area (Å²) >= 11 is 0. The molecule has 0 aromatic heterocycles. The van der Waals surface area contributed by atoms with Crippen LogP contribution in [-0.2, 0) is 9.59 Å². The molecule has 0 spiro atoms. The third kappa shape index (κ3) is 6.33. The van der Waals surface area contributed by atoms with Crippen LogP contribution in [0.25, 0.3) is 0 Å². The lowest BCUT2D eigenvalue weighted by Crippen LogP contribution is -2.38. The molecule has 0 aromatic carbocycles. The number of carbonyl (C=O) groups is 2. The molecule has 0 rings (SSSR count). The van der Waals surface area contributed by atoms with E-state index in [-0.39, 0.29) is 11.6 Å². The Labute approximate surface area is 118 Å². The van der Waals surface area contributed by atoms with Gasteiger partial charge in [-0.3, -0.25) is 9.59 Å². The Bertz CT molecular complexity index is 260. The van der Waals surface area contributed by atoms with E-state index >= 15 is 0 Å². The molecule has 0 saturated heterocycles. The van der Waals surface area contributed by atoms with Gasteiger partial charge in [-0.1, -0.05) is 51.9 Å². The largest absolute Gasteiger partial charge is 0.330 e. The van der Waals surface area contributed by atoms with Crippen LogP contribution in [0, 0.1) is 5.41 Å². The molecule has 0 aliphatic rings. The fraction of sp³-hybridized carbons (Fsp3) is 0.875. The Hall–Kier alpha value is -0.700. The molecule has 2 N–H and O–H groups in total. The van der Waals surface area contributed by atoms with Gasteiger partial charge in [0.05, 0.1) is 5.41 Å². The first-order valence-electron chi connectivity index (χ1n) is 7.73. The van der Waals surface area contributed by atoms with Crippen molar-refractivity contribution >= 4 is 11.6 Å². The molecule has 0 aliphatic heterocycles. The lowest BCUT2D eigenvalue weighted by molar-refractivity contribution is -0.139. The summed E-state index contributed by atoms with van der Waals surface area (Å²) in [5.74, 6) is -0.0344. The smallest absolute Gasteiger partial charge is 0.143 e. The van der Waals surface area contributed by atoms with Gasteiger partial charge in [-0.2, -0.15) is 0 Å². The highest BCUT2D eigenvalue weighted by Crippen LogP contribution is 2.31. The zero-order valence-electron chi connectivity index (χ0n) is 13.0. The van der Waals surface area contributed by atoms with E-state index in [2.05, 4.69) is 6.92 Å². The summed E-state index contributed by atoms with van der Waals surface area (Å²) in [7, 11) is 0. The highest BCUT2D eigenvalue weighted by atomic mass is 16.2. The Morgan fingerprint density at radius 2 is 1.32 bits per heavy atom. The van der Waals surface area contributed by atoms with Gasteiger partial charge in [0.25, 0.3) is 0 Å². The lowest BCUT2D eigenvalue weighted by atomic mass is 9.73. The van der Waals surface area contributed by atoms with E-state index in [0.29, 0.717) is 19.4 Å². The van der Waals surface area contributed by atoms with Crippen molar-refractivity contribution in [3.05, 3.63) is 0 Å². The number of hydrogen-bond donors (Lipinski definition) is 1. The van der Waals surface area contributed by atoms with Gasteiger partial charge in [0.15, 0.2) is 0 Å². The summed E-state index contributed by atoms with van der Waals surface area (Å²) in [5, 5.41) is 0. The minimum Gasteiger partial charge on any atom is -0.330 e. The monoisotopic (exact) mass is 269 g/mol. The van der Waals surface area contributed by atoms with Crippen LogP contribution in [0.1, 0.15) is 78.6 Å². The summed E-state index contributed by atoms with van der Waals surface area (Å²) < 4.78 is 0. The molecule has 0 fully saturated rings. The van der Waals surface area contributed by atoms with Gasteiger partial charge in [0, 0.05) is 0 Å². The Morgan fingerprint density at radius 1 is 0.842 bits per heavy atom. The minimum atomic E-state index is -0.807. The van der Waals surface area contributed by atoms with Crippen molar-refractivity contribution in [1.29, 1.82) is 0 Å². The predicted octanol–water partition coefficient (Wildman–Crippen LogP) is 3.64. The number of hydrogen-bond acceptors (Lipinski definition) is 3. The van der Waals surface area contributed by atoms with Crippen molar-refractivity contribution in [1.82, 2.24) is 0 Å². The summed E-state index contributed by atoms with van der Waals surface area (Å²) in [5.41, 5.74) is 4.76. The first-order chi connectivity index (χ1) is 9.01. The molecular weight excluding hydrogens is 238 g/mol. The summed E-state index contributed by atoms with van der Waals surface area (Å²) in [6.07, 6.45) is 9.54. The fourth-order valence-corrected chi connectivity index (χ4v) is 2.71. The lowest BCUT2D eigenvalue weighted by Gasteiger charge is -2.28. The molecule has 3 nitrogen and oxygen atoms in total. The van der Waals surface area contributed by atoms with E-state index in [1.54, 1.807) is 0 Å².